The SMILES string of the molecule is CC(C)CNC(=O)c1ccc(NC(=O)c2csc(-c3ncccn3)n2)cc1. The Balaban J connectivity index is 1.63. The Morgan fingerprint density at radius 1 is 1.07 bits per heavy atom. The molecule has 2 aromatic heterocycles. The van der Waals surface area contributed by atoms with Crippen LogP contribution in [0.25, 0.3) is 10.8 Å². The topological polar surface area (TPSA) is 96.9 Å². The third kappa shape index (κ3) is 4.95. The monoisotopic (exact) mass is 381 g/mol. The molecule has 0 atom stereocenters. The van der Waals surface area contributed by atoms with E-state index in [1.807, 2.05) is 13.8 Å². The number of hydrogen-bond donors (Lipinski definition) is 2. The molecule has 1 aromatic carbocycles. The van der Waals surface area contributed by atoms with Crippen molar-refractivity contribution in [3.05, 3.63) is 59.4 Å². The van der Waals surface area contributed by atoms with Gasteiger partial charge in [-0.1, -0.05) is 13.8 Å². The van der Waals surface area contributed by atoms with E-state index in [-0.39, 0.29) is 11.8 Å². The summed E-state index contributed by atoms with van der Waals surface area (Å²) in [4.78, 5) is 36.9. The number of carbonyl (C=O) groups is 2. The lowest BCUT2D eigenvalue weighted by molar-refractivity contribution is 0.0948. The molecule has 0 saturated heterocycles. The fraction of sp³-hybridized carbons (Fsp3) is 0.211. The van der Waals surface area contributed by atoms with Crippen molar-refractivity contribution in [3.63, 3.8) is 0 Å². The number of thiazole rings is 1. The van der Waals surface area contributed by atoms with E-state index in [2.05, 4.69) is 25.6 Å². The molecule has 0 spiro atoms. The van der Waals surface area contributed by atoms with Gasteiger partial charge in [0.25, 0.3) is 11.8 Å². The van der Waals surface area contributed by atoms with E-state index in [9.17, 15) is 9.59 Å². The van der Waals surface area contributed by atoms with Gasteiger partial charge < -0.3 is 10.6 Å². The van der Waals surface area contributed by atoms with Crippen LogP contribution in [0.5, 0.6) is 0 Å². The van der Waals surface area contributed by atoms with E-state index in [4.69, 9.17) is 0 Å². The molecule has 0 saturated carbocycles. The third-order valence-corrected chi connectivity index (χ3v) is 4.41. The number of amides is 2. The van der Waals surface area contributed by atoms with E-state index in [1.54, 1.807) is 48.1 Å². The lowest BCUT2D eigenvalue weighted by Crippen LogP contribution is -2.27. The molecule has 3 aromatic rings. The predicted molar refractivity (Wildman–Crippen MR) is 105 cm³/mol. The average molecular weight is 381 g/mol. The molecular weight excluding hydrogens is 362 g/mol. The molecule has 27 heavy (non-hydrogen) atoms. The molecule has 8 heteroatoms. The lowest BCUT2D eigenvalue weighted by Gasteiger charge is -2.08. The van der Waals surface area contributed by atoms with Crippen molar-refractivity contribution in [2.24, 2.45) is 5.92 Å². The number of rotatable bonds is 6. The molecular formula is C19H19N5O2S. The van der Waals surface area contributed by atoms with Gasteiger partial charge in [-0.3, -0.25) is 9.59 Å². The number of nitrogens with zero attached hydrogens (tertiary/aromatic N) is 3. The Morgan fingerprint density at radius 3 is 2.44 bits per heavy atom. The van der Waals surface area contributed by atoms with Crippen LogP contribution in [0.4, 0.5) is 5.69 Å². The number of hydrogen-bond acceptors (Lipinski definition) is 6. The summed E-state index contributed by atoms with van der Waals surface area (Å²) in [7, 11) is 0. The minimum Gasteiger partial charge on any atom is -0.352 e. The number of anilines is 1. The first-order chi connectivity index (χ1) is 13.0. The Labute approximate surface area is 160 Å². The summed E-state index contributed by atoms with van der Waals surface area (Å²) in [6, 6.07) is 8.45. The number of nitrogens with one attached hydrogen (secondary N) is 2. The van der Waals surface area contributed by atoms with Crippen molar-refractivity contribution in [3.8, 4) is 10.8 Å². The minimum atomic E-state index is -0.328. The van der Waals surface area contributed by atoms with Crippen molar-refractivity contribution < 1.29 is 9.59 Å². The van der Waals surface area contributed by atoms with Crippen LogP contribution in [-0.4, -0.2) is 33.3 Å². The zero-order valence-corrected chi connectivity index (χ0v) is 15.8. The summed E-state index contributed by atoms with van der Waals surface area (Å²) in [6.45, 7) is 4.69. The van der Waals surface area contributed by atoms with Crippen LogP contribution >= 0.6 is 11.3 Å². The molecule has 0 aliphatic rings. The molecule has 0 aliphatic heterocycles. The summed E-state index contributed by atoms with van der Waals surface area (Å²) in [5.41, 5.74) is 1.43. The summed E-state index contributed by atoms with van der Waals surface area (Å²) in [5, 5.41) is 7.87. The molecule has 0 unspecified atom stereocenters. The standard InChI is InChI=1S/C19H19N5O2S/c1-12(2)10-22-17(25)13-4-6-14(7-5-13)23-18(26)15-11-27-19(24-15)16-20-8-3-9-21-16/h3-9,11-12H,10H2,1-2H3,(H,22,25)(H,23,26). The largest absolute Gasteiger partial charge is 0.352 e. The van der Waals surface area contributed by atoms with Crippen molar-refractivity contribution in [1.29, 1.82) is 0 Å². The molecule has 0 fully saturated rings. The molecule has 2 amide bonds. The first kappa shape index (κ1) is 18.7. The van der Waals surface area contributed by atoms with Crippen molar-refractivity contribution in [1.82, 2.24) is 20.3 Å². The number of benzene rings is 1. The van der Waals surface area contributed by atoms with Crippen LogP contribution in [0.2, 0.25) is 0 Å². The highest BCUT2D eigenvalue weighted by Crippen LogP contribution is 2.20. The van der Waals surface area contributed by atoms with Crippen LogP contribution in [0, 0.1) is 5.92 Å². The van der Waals surface area contributed by atoms with E-state index < -0.39 is 0 Å². The molecule has 3 rings (SSSR count). The van der Waals surface area contributed by atoms with Gasteiger partial charge >= 0.3 is 0 Å². The maximum Gasteiger partial charge on any atom is 0.275 e. The van der Waals surface area contributed by atoms with E-state index in [0.717, 1.165) is 0 Å². The van der Waals surface area contributed by atoms with Crippen molar-refractivity contribution >= 4 is 28.8 Å². The second-order valence-electron chi connectivity index (χ2n) is 6.25. The Morgan fingerprint density at radius 2 is 1.78 bits per heavy atom. The fourth-order valence-electron chi connectivity index (χ4n) is 2.19. The van der Waals surface area contributed by atoms with E-state index >= 15 is 0 Å². The van der Waals surface area contributed by atoms with Gasteiger partial charge in [0, 0.05) is 35.6 Å². The highest BCUT2D eigenvalue weighted by molar-refractivity contribution is 7.13. The van der Waals surface area contributed by atoms with Crippen LogP contribution in [-0.2, 0) is 0 Å². The Bertz CT molecular complexity index is 923. The highest BCUT2D eigenvalue weighted by Gasteiger charge is 2.14. The minimum absolute atomic E-state index is 0.131. The van der Waals surface area contributed by atoms with Crippen LogP contribution in [0.1, 0.15) is 34.7 Å². The Hall–Kier alpha value is -3.13. The summed E-state index contributed by atoms with van der Waals surface area (Å²) < 4.78 is 0. The van der Waals surface area contributed by atoms with Crippen LogP contribution < -0.4 is 10.6 Å². The summed E-state index contributed by atoms with van der Waals surface area (Å²) >= 11 is 1.31. The molecule has 0 bridgehead atoms. The summed E-state index contributed by atoms with van der Waals surface area (Å²) in [6.07, 6.45) is 3.25. The maximum absolute atomic E-state index is 12.4. The van der Waals surface area contributed by atoms with Gasteiger partial charge in [0.05, 0.1) is 0 Å². The maximum atomic E-state index is 12.4. The van der Waals surface area contributed by atoms with Gasteiger partial charge in [-0.15, -0.1) is 11.3 Å². The fourth-order valence-corrected chi connectivity index (χ4v) is 2.93. The lowest BCUT2D eigenvalue weighted by atomic mass is 10.1. The molecule has 0 aliphatic carbocycles. The van der Waals surface area contributed by atoms with E-state index in [1.165, 1.54) is 11.3 Å². The molecule has 138 valence electrons. The number of aromatic nitrogens is 3. The molecule has 0 radical (unpaired) electrons. The zero-order chi connectivity index (χ0) is 19.2. The molecule has 7 nitrogen and oxygen atoms in total. The second-order valence-corrected chi connectivity index (χ2v) is 7.10. The molecule has 2 N–H and O–H groups in total. The zero-order valence-electron chi connectivity index (χ0n) is 15.0. The predicted octanol–water partition coefficient (Wildman–Crippen LogP) is 3.24. The van der Waals surface area contributed by atoms with Gasteiger partial charge in [0.2, 0.25) is 0 Å². The number of carbonyl (C=O) groups excluding carboxylic acids is 2. The van der Waals surface area contributed by atoms with Crippen molar-refractivity contribution in [2.45, 2.75) is 13.8 Å². The average Bonchev–Trinajstić information content (AvgIpc) is 3.18. The second kappa shape index (κ2) is 8.50. The van der Waals surface area contributed by atoms with Gasteiger partial charge in [-0.2, -0.15) is 0 Å². The van der Waals surface area contributed by atoms with E-state index in [0.29, 0.717) is 40.2 Å². The normalized spacial score (nSPS) is 10.6. The quantitative estimate of drug-likeness (QED) is 0.683. The first-order valence-corrected chi connectivity index (χ1v) is 9.33. The smallest absolute Gasteiger partial charge is 0.275 e. The van der Waals surface area contributed by atoms with Gasteiger partial charge in [-0.05, 0) is 36.2 Å². The molecule has 2 heterocycles. The van der Waals surface area contributed by atoms with Gasteiger partial charge in [0.1, 0.15) is 5.69 Å². The first-order valence-electron chi connectivity index (χ1n) is 8.45. The highest BCUT2D eigenvalue weighted by atomic mass is 32.1. The van der Waals surface area contributed by atoms with Crippen LogP contribution in [0.15, 0.2) is 48.1 Å². The van der Waals surface area contributed by atoms with Gasteiger partial charge in [-0.25, -0.2) is 15.0 Å². The Kier molecular flexibility index (Phi) is 5.87. The van der Waals surface area contributed by atoms with Crippen molar-refractivity contribution in [2.75, 3.05) is 11.9 Å². The third-order valence-electron chi connectivity index (χ3n) is 3.57. The summed E-state index contributed by atoms with van der Waals surface area (Å²) in [5.74, 6) is 0.411. The van der Waals surface area contributed by atoms with Crippen LogP contribution in [0.3, 0.4) is 0 Å². The van der Waals surface area contributed by atoms with Gasteiger partial charge in [0.15, 0.2) is 10.8 Å².